The first-order valence-corrected chi connectivity index (χ1v) is 6.54. The van der Waals surface area contributed by atoms with E-state index < -0.39 is 0 Å². The van der Waals surface area contributed by atoms with Crippen molar-refractivity contribution in [3.63, 3.8) is 0 Å². The highest BCUT2D eigenvalue weighted by atomic mass is 16.5. The normalized spacial score (nSPS) is 10.6. The van der Waals surface area contributed by atoms with E-state index in [4.69, 9.17) is 14.2 Å². The number of hydrogen-bond donors (Lipinski definition) is 0. The van der Waals surface area contributed by atoms with E-state index in [0.717, 1.165) is 11.3 Å². The summed E-state index contributed by atoms with van der Waals surface area (Å²) in [4.78, 5) is 2.10. The van der Waals surface area contributed by atoms with Crippen molar-refractivity contribution in [3.05, 3.63) is 23.3 Å². The predicted octanol–water partition coefficient (Wildman–Crippen LogP) is 2.41. The summed E-state index contributed by atoms with van der Waals surface area (Å²) in [6, 6.07) is 4.23. The molecule has 0 spiro atoms. The quantitative estimate of drug-likeness (QED) is 0.677. The molecule has 19 heavy (non-hydrogen) atoms. The van der Waals surface area contributed by atoms with Gasteiger partial charge in [-0.3, -0.25) is 0 Å². The minimum Gasteiger partial charge on any atom is -0.491 e. The van der Waals surface area contributed by atoms with Crippen molar-refractivity contribution in [2.75, 3.05) is 52.5 Å². The molecule has 0 aliphatic heterocycles. The summed E-state index contributed by atoms with van der Waals surface area (Å²) < 4.78 is 16.1. The van der Waals surface area contributed by atoms with Gasteiger partial charge in [-0.25, -0.2) is 0 Å². The standard InChI is InChI=1S/C15H25NO3/c1-12-10-14(16(3)4)13(2)15(11-12)19-9-8-18-7-6-17-5/h10-11H,6-9H2,1-5H3. The number of hydrogen-bond acceptors (Lipinski definition) is 4. The number of benzene rings is 1. The second kappa shape index (κ2) is 8.02. The molecule has 0 fully saturated rings. The van der Waals surface area contributed by atoms with Crippen LogP contribution < -0.4 is 9.64 Å². The summed E-state index contributed by atoms with van der Waals surface area (Å²) in [6.45, 7) is 6.52. The maximum atomic E-state index is 5.80. The summed E-state index contributed by atoms with van der Waals surface area (Å²) in [5.41, 5.74) is 3.55. The van der Waals surface area contributed by atoms with E-state index in [2.05, 4.69) is 30.9 Å². The van der Waals surface area contributed by atoms with Gasteiger partial charge < -0.3 is 19.1 Å². The zero-order valence-electron chi connectivity index (χ0n) is 12.7. The summed E-state index contributed by atoms with van der Waals surface area (Å²) in [5, 5.41) is 0. The fourth-order valence-corrected chi connectivity index (χ4v) is 1.88. The van der Waals surface area contributed by atoms with Gasteiger partial charge in [0.05, 0.1) is 19.8 Å². The minimum absolute atomic E-state index is 0.556. The third kappa shape index (κ3) is 5.09. The fraction of sp³-hybridized carbons (Fsp3) is 0.600. The fourth-order valence-electron chi connectivity index (χ4n) is 1.88. The van der Waals surface area contributed by atoms with Crippen LogP contribution in [0, 0.1) is 13.8 Å². The molecule has 1 rings (SSSR count). The molecule has 0 bridgehead atoms. The lowest BCUT2D eigenvalue weighted by Crippen LogP contribution is -2.13. The van der Waals surface area contributed by atoms with Crippen LogP contribution in [0.3, 0.4) is 0 Å². The Morgan fingerprint density at radius 2 is 1.68 bits per heavy atom. The van der Waals surface area contributed by atoms with Gasteiger partial charge in [0, 0.05) is 32.5 Å². The molecule has 108 valence electrons. The molecule has 0 aliphatic rings. The van der Waals surface area contributed by atoms with Crippen molar-refractivity contribution < 1.29 is 14.2 Å². The Hall–Kier alpha value is -1.26. The number of ether oxygens (including phenoxy) is 3. The molecule has 0 saturated carbocycles. The number of nitrogens with zero attached hydrogens (tertiary/aromatic N) is 1. The Balaban J connectivity index is 2.53. The smallest absolute Gasteiger partial charge is 0.124 e. The Bertz CT molecular complexity index is 391. The lowest BCUT2D eigenvalue weighted by Gasteiger charge is -2.19. The van der Waals surface area contributed by atoms with E-state index in [1.807, 2.05) is 14.1 Å². The number of aryl methyl sites for hydroxylation is 1. The van der Waals surface area contributed by atoms with Gasteiger partial charge in [0.25, 0.3) is 0 Å². The van der Waals surface area contributed by atoms with E-state index in [0.29, 0.717) is 26.4 Å². The van der Waals surface area contributed by atoms with Gasteiger partial charge in [0.2, 0.25) is 0 Å². The van der Waals surface area contributed by atoms with Gasteiger partial charge >= 0.3 is 0 Å². The maximum Gasteiger partial charge on any atom is 0.124 e. The van der Waals surface area contributed by atoms with Crippen LogP contribution in [0.4, 0.5) is 5.69 Å². The van der Waals surface area contributed by atoms with Crippen LogP contribution in [0.15, 0.2) is 12.1 Å². The first kappa shape index (κ1) is 15.8. The third-order valence-corrected chi connectivity index (χ3v) is 2.88. The number of anilines is 1. The molecule has 4 heteroatoms. The molecule has 1 aromatic rings. The second-order valence-corrected chi connectivity index (χ2v) is 4.76. The van der Waals surface area contributed by atoms with E-state index in [1.165, 1.54) is 11.3 Å². The molecule has 4 nitrogen and oxygen atoms in total. The van der Waals surface area contributed by atoms with E-state index in [1.54, 1.807) is 7.11 Å². The monoisotopic (exact) mass is 267 g/mol. The molecule has 0 atom stereocenters. The zero-order valence-corrected chi connectivity index (χ0v) is 12.7. The lowest BCUT2D eigenvalue weighted by atomic mass is 10.1. The van der Waals surface area contributed by atoms with Crippen LogP contribution in [0.1, 0.15) is 11.1 Å². The van der Waals surface area contributed by atoms with Crippen molar-refractivity contribution in [1.29, 1.82) is 0 Å². The van der Waals surface area contributed by atoms with Gasteiger partial charge in [-0.2, -0.15) is 0 Å². The highest BCUT2D eigenvalue weighted by Gasteiger charge is 2.08. The maximum absolute atomic E-state index is 5.80. The second-order valence-electron chi connectivity index (χ2n) is 4.76. The van der Waals surface area contributed by atoms with Crippen LogP contribution >= 0.6 is 0 Å². The molecule has 0 radical (unpaired) electrons. The molecule has 0 heterocycles. The van der Waals surface area contributed by atoms with Crippen LogP contribution in [-0.4, -0.2) is 47.6 Å². The van der Waals surface area contributed by atoms with E-state index in [-0.39, 0.29) is 0 Å². The summed E-state index contributed by atoms with van der Waals surface area (Å²) in [5.74, 6) is 0.930. The molecule has 0 saturated heterocycles. The van der Waals surface area contributed by atoms with Crippen LogP contribution in [0.2, 0.25) is 0 Å². The summed E-state index contributed by atoms with van der Waals surface area (Å²) in [7, 11) is 5.75. The van der Waals surface area contributed by atoms with Crippen LogP contribution in [0.25, 0.3) is 0 Å². The molecule has 0 N–H and O–H groups in total. The van der Waals surface area contributed by atoms with Crippen LogP contribution in [0.5, 0.6) is 5.75 Å². The first-order valence-electron chi connectivity index (χ1n) is 6.54. The Morgan fingerprint density at radius 1 is 1.00 bits per heavy atom. The zero-order chi connectivity index (χ0) is 14.3. The molecule has 0 aromatic heterocycles. The lowest BCUT2D eigenvalue weighted by molar-refractivity contribution is 0.0543. The van der Waals surface area contributed by atoms with Crippen molar-refractivity contribution in [1.82, 2.24) is 0 Å². The summed E-state index contributed by atoms with van der Waals surface area (Å²) in [6.07, 6.45) is 0. The molecule has 1 aromatic carbocycles. The van der Waals surface area contributed by atoms with Crippen LogP contribution in [-0.2, 0) is 9.47 Å². The van der Waals surface area contributed by atoms with Gasteiger partial charge in [-0.15, -0.1) is 0 Å². The summed E-state index contributed by atoms with van der Waals surface area (Å²) >= 11 is 0. The number of rotatable bonds is 8. The average molecular weight is 267 g/mol. The Kier molecular flexibility index (Phi) is 6.67. The largest absolute Gasteiger partial charge is 0.491 e. The Morgan fingerprint density at radius 3 is 2.32 bits per heavy atom. The van der Waals surface area contributed by atoms with E-state index >= 15 is 0 Å². The molecular weight excluding hydrogens is 242 g/mol. The highest BCUT2D eigenvalue weighted by molar-refractivity contribution is 5.59. The molecule has 0 amide bonds. The minimum atomic E-state index is 0.556. The van der Waals surface area contributed by atoms with Gasteiger partial charge in [0.15, 0.2) is 0 Å². The van der Waals surface area contributed by atoms with Crippen molar-refractivity contribution in [2.24, 2.45) is 0 Å². The number of methoxy groups -OCH3 is 1. The first-order chi connectivity index (χ1) is 9.06. The predicted molar refractivity (Wildman–Crippen MR) is 78.4 cm³/mol. The molecule has 0 unspecified atom stereocenters. The highest BCUT2D eigenvalue weighted by Crippen LogP contribution is 2.29. The SMILES string of the molecule is COCCOCCOc1cc(C)cc(N(C)C)c1C. The van der Waals surface area contributed by atoms with Gasteiger partial charge in [0.1, 0.15) is 12.4 Å². The van der Waals surface area contributed by atoms with Gasteiger partial charge in [-0.05, 0) is 31.5 Å². The van der Waals surface area contributed by atoms with Crippen molar-refractivity contribution >= 4 is 5.69 Å². The molecular formula is C15H25NO3. The van der Waals surface area contributed by atoms with E-state index in [9.17, 15) is 0 Å². The topological polar surface area (TPSA) is 30.9 Å². The van der Waals surface area contributed by atoms with Crippen molar-refractivity contribution in [3.8, 4) is 5.75 Å². The van der Waals surface area contributed by atoms with Crippen molar-refractivity contribution in [2.45, 2.75) is 13.8 Å². The molecule has 0 aliphatic carbocycles. The third-order valence-electron chi connectivity index (χ3n) is 2.88. The van der Waals surface area contributed by atoms with Gasteiger partial charge in [-0.1, -0.05) is 0 Å². The Labute approximate surface area is 116 Å². The average Bonchev–Trinajstić information content (AvgIpc) is 2.36.